The third-order valence-corrected chi connectivity index (χ3v) is 2.51. The van der Waals surface area contributed by atoms with Crippen LogP contribution in [0.15, 0.2) is 36.5 Å². The van der Waals surface area contributed by atoms with Crippen LogP contribution in [-0.2, 0) is 6.42 Å². The highest BCUT2D eigenvalue weighted by Crippen LogP contribution is 2.09. The number of benzene rings is 1. The molecule has 1 N–H and O–H groups in total. The number of hydrogen-bond donors (Lipinski definition) is 1. The van der Waals surface area contributed by atoms with Crippen LogP contribution < -0.4 is 5.32 Å². The molecule has 0 atom stereocenters. The van der Waals surface area contributed by atoms with Crippen LogP contribution in [0.3, 0.4) is 0 Å². The molecule has 0 bridgehead atoms. The minimum absolute atomic E-state index is 0.779. The molecule has 1 heterocycles. The molecule has 2 aromatic rings. The largest absolute Gasteiger partial charge is 0.370 e. The Morgan fingerprint density at radius 1 is 1.24 bits per heavy atom. The standard InChI is InChI=1S/C14H17N3/c1-3-15-13-7-8-16-14(17-13)10-12-6-4-5-11(2)9-12/h4-9H,3,10H2,1-2H3,(H,15,16,17). The Bertz CT molecular complexity index is 494. The molecule has 0 saturated heterocycles. The van der Waals surface area contributed by atoms with E-state index in [-0.39, 0.29) is 0 Å². The fraction of sp³-hybridized carbons (Fsp3) is 0.286. The summed E-state index contributed by atoms with van der Waals surface area (Å²) in [6.07, 6.45) is 2.58. The molecular formula is C14H17N3. The van der Waals surface area contributed by atoms with Crippen molar-refractivity contribution in [2.45, 2.75) is 20.3 Å². The maximum atomic E-state index is 4.47. The summed E-state index contributed by atoms with van der Waals surface area (Å²) in [5.74, 6) is 1.75. The van der Waals surface area contributed by atoms with Crippen molar-refractivity contribution in [3.8, 4) is 0 Å². The molecule has 0 unspecified atom stereocenters. The van der Waals surface area contributed by atoms with Gasteiger partial charge in [0.05, 0.1) is 0 Å². The molecule has 0 fully saturated rings. The second-order valence-electron chi connectivity index (χ2n) is 4.05. The number of nitrogens with one attached hydrogen (secondary N) is 1. The Balaban J connectivity index is 2.15. The van der Waals surface area contributed by atoms with E-state index in [1.807, 2.05) is 6.07 Å². The lowest BCUT2D eigenvalue weighted by atomic mass is 10.1. The normalized spacial score (nSPS) is 10.2. The van der Waals surface area contributed by atoms with Gasteiger partial charge in [0.15, 0.2) is 0 Å². The Hall–Kier alpha value is -1.90. The average molecular weight is 227 g/mol. The summed E-state index contributed by atoms with van der Waals surface area (Å²) in [5, 5.41) is 3.19. The van der Waals surface area contributed by atoms with Crippen LogP contribution in [0, 0.1) is 6.92 Å². The first-order chi connectivity index (χ1) is 8.28. The molecule has 1 aromatic heterocycles. The predicted octanol–water partition coefficient (Wildman–Crippen LogP) is 2.81. The van der Waals surface area contributed by atoms with Gasteiger partial charge in [0.2, 0.25) is 0 Å². The van der Waals surface area contributed by atoms with E-state index < -0.39 is 0 Å². The highest BCUT2D eigenvalue weighted by atomic mass is 15.0. The van der Waals surface area contributed by atoms with Crippen LogP contribution in [0.1, 0.15) is 23.9 Å². The summed E-state index contributed by atoms with van der Waals surface area (Å²) >= 11 is 0. The fourth-order valence-corrected chi connectivity index (χ4v) is 1.77. The van der Waals surface area contributed by atoms with E-state index in [0.717, 1.165) is 24.6 Å². The van der Waals surface area contributed by atoms with E-state index in [4.69, 9.17) is 0 Å². The Morgan fingerprint density at radius 3 is 2.88 bits per heavy atom. The second kappa shape index (κ2) is 5.43. The molecule has 0 radical (unpaired) electrons. The van der Waals surface area contributed by atoms with Gasteiger partial charge in [0.25, 0.3) is 0 Å². The number of rotatable bonds is 4. The first kappa shape index (κ1) is 11.6. The van der Waals surface area contributed by atoms with Crippen LogP contribution in [0.25, 0.3) is 0 Å². The molecule has 0 amide bonds. The first-order valence-corrected chi connectivity index (χ1v) is 5.89. The van der Waals surface area contributed by atoms with E-state index in [0.29, 0.717) is 0 Å². The zero-order valence-corrected chi connectivity index (χ0v) is 10.3. The molecular weight excluding hydrogens is 210 g/mol. The van der Waals surface area contributed by atoms with Crippen LogP contribution in [0.4, 0.5) is 5.82 Å². The Kier molecular flexibility index (Phi) is 3.70. The minimum atomic E-state index is 0.779. The van der Waals surface area contributed by atoms with Crippen molar-refractivity contribution in [2.24, 2.45) is 0 Å². The van der Waals surface area contributed by atoms with Gasteiger partial charge in [-0.15, -0.1) is 0 Å². The second-order valence-corrected chi connectivity index (χ2v) is 4.05. The van der Waals surface area contributed by atoms with Gasteiger partial charge >= 0.3 is 0 Å². The highest BCUT2D eigenvalue weighted by Gasteiger charge is 2.00. The lowest BCUT2D eigenvalue weighted by Gasteiger charge is -2.05. The molecule has 1 aromatic carbocycles. The number of nitrogens with zero attached hydrogens (tertiary/aromatic N) is 2. The van der Waals surface area contributed by atoms with Crippen LogP contribution in [0.2, 0.25) is 0 Å². The van der Waals surface area contributed by atoms with Crippen molar-refractivity contribution >= 4 is 5.82 Å². The molecule has 17 heavy (non-hydrogen) atoms. The van der Waals surface area contributed by atoms with Gasteiger partial charge in [-0.3, -0.25) is 0 Å². The summed E-state index contributed by atoms with van der Waals surface area (Å²) in [6, 6.07) is 10.3. The average Bonchev–Trinajstić information content (AvgIpc) is 2.30. The van der Waals surface area contributed by atoms with Crippen molar-refractivity contribution in [1.29, 1.82) is 0 Å². The van der Waals surface area contributed by atoms with E-state index in [2.05, 4.69) is 53.4 Å². The quantitative estimate of drug-likeness (QED) is 0.872. The highest BCUT2D eigenvalue weighted by molar-refractivity contribution is 5.33. The van der Waals surface area contributed by atoms with Crippen molar-refractivity contribution in [1.82, 2.24) is 9.97 Å². The topological polar surface area (TPSA) is 37.8 Å². The molecule has 0 aliphatic heterocycles. The van der Waals surface area contributed by atoms with E-state index in [1.165, 1.54) is 11.1 Å². The van der Waals surface area contributed by atoms with Crippen molar-refractivity contribution in [3.05, 3.63) is 53.5 Å². The van der Waals surface area contributed by atoms with Gasteiger partial charge in [-0.1, -0.05) is 29.8 Å². The number of anilines is 1. The lowest BCUT2D eigenvalue weighted by Crippen LogP contribution is -2.03. The third kappa shape index (κ3) is 3.28. The smallest absolute Gasteiger partial charge is 0.135 e. The lowest BCUT2D eigenvalue weighted by molar-refractivity contribution is 0.961. The molecule has 3 heteroatoms. The predicted molar refractivity (Wildman–Crippen MR) is 70.2 cm³/mol. The number of hydrogen-bond acceptors (Lipinski definition) is 3. The zero-order chi connectivity index (χ0) is 12.1. The van der Waals surface area contributed by atoms with Crippen LogP contribution in [0.5, 0.6) is 0 Å². The molecule has 0 aliphatic carbocycles. The summed E-state index contributed by atoms with van der Waals surface area (Å²) in [7, 11) is 0. The van der Waals surface area contributed by atoms with Gasteiger partial charge in [-0.25, -0.2) is 9.97 Å². The molecule has 0 spiro atoms. The number of aryl methyl sites for hydroxylation is 1. The maximum absolute atomic E-state index is 4.47. The fourth-order valence-electron chi connectivity index (χ4n) is 1.77. The molecule has 3 nitrogen and oxygen atoms in total. The Labute approximate surface area is 102 Å². The molecule has 2 rings (SSSR count). The van der Waals surface area contributed by atoms with Crippen LogP contribution in [-0.4, -0.2) is 16.5 Å². The van der Waals surface area contributed by atoms with Crippen molar-refractivity contribution in [3.63, 3.8) is 0 Å². The summed E-state index contributed by atoms with van der Waals surface area (Å²) in [6.45, 7) is 5.03. The zero-order valence-electron chi connectivity index (χ0n) is 10.3. The van der Waals surface area contributed by atoms with E-state index >= 15 is 0 Å². The van der Waals surface area contributed by atoms with Gasteiger partial charge in [0.1, 0.15) is 11.6 Å². The minimum Gasteiger partial charge on any atom is -0.370 e. The van der Waals surface area contributed by atoms with Gasteiger partial charge in [0, 0.05) is 19.2 Å². The van der Waals surface area contributed by atoms with Crippen LogP contribution >= 0.6 is 0 Å². The summed E-state index contributed by atoms with van der Waals surface area (Å²) in [5.41, 5.74) is 2.52. The van der Waals surface area contributed by atoms with Gasteiger partial charge in [-0.05, 0) is 25.5 Å². The van der Waals surface area contributed by atoms with Crippen molar-refractivity contribution in [2.75, 3.05) is 11.9 Å². The molecule has 88 valence electrons. The summed E-state index contributed by atoms with van der Waals surface area (Å²) in [4.78, 5) is 8.76. The van der Waals surface area contributed by atoms with Gasteiger partial charge in [-0.2, -0.15) is 0 Å². The third-order valence-electron chi connectivity index (χ3n) is 2.51. The molecule has 0 aliphatic rings. The SMILES string of the molecule is CCNc1ccnc(Cc2cccc(C)c2)n1. The summed E-state index contributed by atoms with van der Waals surface area (Å²) < 4.78 is 0. The maximum Gasteiger partial charge on any atom is 0.135 e. The van der Waals surface area contributed by atoms with E-state index in [1.54, 1.807) is 6.20 Å². The van der Waals surface area contributed by atoms with Gasteiger partial charge < -0.3 is 5.32 Å². The van der Waals surface area contributed by atoms with E-state index in [9.17, 15) is 0 Å². The number of aromatic nitrogens is 2. The molecule has 0 saturated carbocycles. The van der Waals surface area contributed by atoms with Crippen molar-refractivity contribution < 1.29 is 0 Å². The monoisotopic (exact) mass is 227 g/mol. The first-order valence-electron chi connectivity index (χ1n) is 5.89. The Morgan fingerprint density at radius 2 is 2.12 bits per heavy atom.